The number of fused-ring (bicyclic) bond motifs is 1. The summed E-state index contributed by atoms with van der Waals surface area (Å²) in [6.45, 7) is 2.68. The Balaban J connectivity index is 2.01. The van der Waals surface area contributed by atoms with E-state index in [2.05, 4.69) is 5.32 Å². The number of hydrogen-bond acceptors (Lipinski definition) is 3. The van der Waals surface area contributed by atoms with Gasteiger partial charge in [0.05, 0.1) is 17.2 Å². The molecule has 0 aromatic heterocycles. The van der Waals surface area contributed by atoms with Crippen LogP contribution in [-0.2, 0) is 0 Å². The highest BCUT2D eigenvalue weighted by Crippen LogP contribution is 2.27. The zero-order chi connectivity index (χ0) is 11.3. The molecule has 3 rings (SSSR count). The summed E-state index contributed by atoms with van der Waals surface area (Å²) in [6, 6.07) is 7.21. The Morgan fingerprint density at radius 3 is 2.12 bits per heavy atom. The average molecular weight is 216 g/mol. The van der Waals surface area contributed by atoms with Crippen LogP contribution in [0.25, 0.3) is 0 Å². The molecule has 1 aromatic rings. The maximum absolute atomic E-state index is 12.1. The molecule has 2 aliphatic heterocycles. The van der Waals surface area contributed by atoms with Gasteiger partial charge in [-0.15, -0.1) is 0 Å². The van der Waals surface area contributed by atoms with Crippen molar-refractivity contribution in [2.75, 3.05) is 6.54 Å². The molecule has 16 heavy (non-hydrogen) atoms. The highest BCUT2D eigenvalue weighted by Gasteiger charge is 2.44. The van der Waals surface area contributed by atoms with E-state index in [1.54, 1.807) is 24.3 Å². The number of hydrogen-bond donors (Lipinski definition) is 1. The average Bonchev–Trinajstić information content (AvgIpc) is 2.54. The Morgan fingerprint density at radius 1 is 1.19 bits per heavy atom. The molecule has 1 fully saturated rings. The van der Waals surface area contributed by atoms with Gasteiger partial charge in [0.2, 0.25) is 0 Å². The van der Waals surface area contributed by atoms with Gasteiger partial charge >= 0.3 is 0 Å². The molecule has 0 saturated carbocycles. The Bertz CT molecular complexity index is 449. The minimum Gasteiger partial charge on any atom is -0.310 e. The molecular formula is C12H12N2O2. The van der Waals surface area contributed by atoms with E-state index in [0.717, 1.165) is 0 Å². The van der Waals surface area contributed by atoms with E-state index in [0.29, 0.717) is 17.7 Å². The molecule has 4 nitrogen and oxygen atoms in total. The van der Waals surface area contributed by atoms with Crippen LogP contribution in [0.1, 0.15) is 27.6 Å². The standard InChI is InChI=1S/C12H12N2O2/c1-7-10(6-13-7)14-11(15)8-4-2-3-5-9(8)12(14)16/h2-5,7,10,13H,6H2,1H3/t7-,10-/m0/s1. The highest BCUT2D eigenvalue weighted by molar-refractivity contribution is 6.21. The zero-order valence-corrected chi connectivity index (χ0v) is 8.93. The molecule has 0 bridgehead atoms. The molecule has 2 aliphatic rings. The van der Waals surface area contributed by atoms with Crippen LogP contribution in [-0.4, -0.2) is 35.3 Å². The quantitative estimate of drug-likeness (QED) is 0.701. The van der Waals surface area contributed by atoms with Crippen LogP contribution in [0.4, 0.5) is 0 Å². The molecule has 0 radical (unpaired) electrons. The molecule has 2 amide bonds. The van der Waals surface area contributed by atoms with Crippen LogP contribution in [0.5, 0.6) is 0 Å². The number of nitrogens with one attached hydrogen (secondary N) is 1. The van der Waals surface area contributed by atoms with Crippen molar-refractivity contribution >= 4 is 11.8 Å². The summed E-state index contributed by atoms with van der Waals surface area (Å²) in [5.41, 5.74) is 1.07. The molecule has 0 unspecified atom stereocenters. The van der Waals surface area contributed by atoms with Gasteiger partial charge in [0, 0.05) is 12.6 Å². The summed E-state index contributed by atoms with van der Waals surface area (Å²) in [5, 5.41) is 3.16. The number of imide groups is 1. The van der Waals surface area contributed by atoms with Crippen molar-refractivity contribution in [3.8, 4) is 0 Å². The lowest BCUT2D eigenvalue weighted by molar-refractivity contribution is 0.0470. The van der Waals surface area contributed by atoms with Crippen molar-refractivity contribution in [3.63, 3.8) is 0 Å². The van der Waals surface area contributed by atoms with Gasteiger partial charge in [-0.05, 0) is 19.1 Å². The third kappa shape index (κ3) is 1.08. The van der Waals surface area contributed by atoms with Crippen molar-refractivity contribution in [1.29, 1.82) is 0 Å². The van der Waals surface area contributed by atoms with E-state index in [1.807, 2.05) is 6.92 Å². The van der Waals surface area contributed by atoms with Crippen LogP contribution >= 0.6 is 0 Å². The maximum Gasteiger partial charge on any atom is 0.261 e. The van der Waals surface area contributed by atoms with Crippen LogP contribution in [0.2, 0.25) is 0 Å². The fourth-order valence-corrected chi connectivity index (χ4v) is 2.28. The predicted molar refractivity (Wildman–Crippen MR) is 58.2 cm³/mol. The van der Waals surface area contributed by atoms with Crippen molar-refractivity contribution < 1.29 is 9.59 Å². The van der Waals surface area contributed by atoms with Crippen molar-refractivity contribution in [2.24, 2.45) is 0 Å². The second kappa shape index (κ2) is 3.15. The minimum atomic E-state index is -0.154. The number of carbonyl (C=O) groups is 2. The molecular weight excluding hydrogens is 204 g/mol. The summed E-state index contributed by atoms with van der Waals surface area (Å²) in [7, 11) is 0. The number of nitrogens with zero attached hydrogens (tertiary/aromatic N) is 1. The summed E-state index contributed by atoms with van der Waals surface area (Å²) in [5.74, 6) is -0.307. The first kappa shape index (κ1) is 9.54. The van der Waals surface area contributed by atoms with Crippen LogP contribution in [0, 0.1) is 0 Å². The molecule has 82 valence electrons. The van der Waals surface area contributed by atoms with Gasteiger partial charge in [-0.25, -0.2) is 0 Å². The van der Waals surface area contributed by atoms with Crippen LogP contribution in [0.15, 0.2) is 24.3 Å². The smallest absolute Gasteiger partial charge is 0.261 e. The lowest BCUT2D eigenvalue weighted by Gasteiger charge is -2.40. The molecule has 1 N–H and O–H groups in total. The SMILES string of the molecule is C[C@@H]1NC[C@@H]1N1C(=O)c2ccccc2C1=O. The number of rotatable bonds is 1. The second-order valence-electron chi connectivity index (χ2n) is 4.29. The van der Waals surface area contributed by atoms with Gasteiger partial charge in [0.1, 0.15) is 0 Å². The van der Waals surface area contributed by atoms with Gasteiger partial charge in [0.15, 0.2) is 0 Å². The molecule has 1 saturated heterocycles. The fourth-order valence-electron chi connectivity index (χ4n) is 2.28. The molecule has 2 atom stereocenters. The molecule has 1 aromatic carbocycles. The Morgan fingerprint density at radius 2 is 1.75 bits per heavy atom. The normalized spacial score (nSPS) is 27.9. The summed E-state index contributed by atoms with van der Waals surface area (Å²) < 4.78 is 0. The first-order chi connectivity index (χ1) is 7.70. The van der Waals surface area contributed by atoms with Gasteiger partial charge in [-0.1, -0.05) is 12.1 Å². The summed E-state index contributed by atoms with van der Waals surface area (Å²) in [4.78, 5) is 25.5. The predicted octanol–water partition coefficient (Wildman–Crippen LogP) is 0.643. The lowest BCUT2D eigenvalue weighted by atomic mass is 10.0. The van der Waals surface area contributed by atoms with E-state index in [1.165, 1.54) is 4.90 Å². The van der Waals surface area contributed by atoms with Gasteiger partial charge < -0.3 is 5.32 Å². The molecule has 0 spiro atoms. The van der Waals surface area contributed by atoms with E-state index in [4.69, 9.17) is 0 Å². The second-order valence-corrected chi connectivity index (χ2v) is 4.29. The zero-order valence-electron chi connectivity index (χ0n) is 8.93. The Labute approximate surface area is 93.2 Å². The minimum absolute atomic E-state index is 0.00685. The van der Waals surface area contributed by atoms with E-state index in [9.17, 15) is 9.59 Å². The van der Waals surface area contributed by atoms with Crippen molar-refractivity contribution in [3.05, 3.63) is 35.4 Å². The number of amides is 2. The summed E-state index contributed by atoms with van der Waals surface area (Å²) in [6.07, 6.45) is 0. The van der Waals surface area contributed by atoms with Gasteiger partial charge in [-0.2, -0.15) is 0 Å². The third-order valence-electron chi connectivity index (χ3n) is 3.38. The Hall–Kier alpha value is -1.68. The molecule has 4 heteroatoms. The van der Waals surface area contributed by atoms with E-state index >= 15 is 0 Å². The van der Waals surface area contributed by atoms with Gasteiger partial charge in [0.25, 0.3) is 11.8 Å². The highest BCUT2D eigenvalue weighted by atomic mass is 16.2. The lowest BCUT2D eigenvalue weighted by Crippen LogP contribution is -2.64. The fraction of sp³-hybridized carbons (Fsp3) is 0.333. The summed E-state index contributed by atoms with van der Waals surface area (Å²) >= 11 is 0. The van der Waals surface area contributed by atoms with Crippen LogP contribution in [0.3, 0.4) is 0 Å². The number of benzene rings is 1. The monoisotopic (exact) mass is 216 g/mol. The largest absolute Gasteiger partial charge is 0.310 e. The third-order valence-corrected chi connectivity index (χ3v) is 3.38. The maximum atomic E-state index is 12.1. The Kier molecular flexibility index (Phi) is 1.88. The number of carbonyl (C=O) groups excluding carboxylic acids is 2. The van der Waals surface area contributed by atoms with Crippen molar-refractivity contribution in [2.45, 2.75) is 19.0 Å². The molecule has 0 aliphatic carbocycles. The molecule has 2 heterocycles. The van der Waals surface area contributed by atoms with E-state index in [-0.39, 0.29) is 23.9 Å². The van der Waals surface area contributed by atoms with E-state index < -0.39 is 0 Å². The van der Waals surface area contributed by atoms with Crippen molar-refractivity contribution in [1.82, 2.24) is 10.2 Å². The first-order valence-electron chi connectivity index (χ1n) is 5.40. The topological polar surface area (TPSA) is 49.4 Å². The first-order valence-corrected chi connectivity index (χ1v) is 5.40. The van der Waals surface area contributed by atoms with Crippen LogP contribution < -0.4 is 5.32 Å². The van der Waals surface area contributed by atoms with Gasteiger partial charge in [-0.3, -0.25) is 14.5 Å².